The second kappa shape index (κ2) is 4.63. The van der Waals surface area contributed by atoms with Crippen LogP contribution in [0.1, 0.15) is 75.6 Å². The van der Waals surface area contributed by atoms with Gasteiger partial charge in [-0.15, -0.1) is 0 Å². The molecule has 1 nitrogen and oxygen atoms in total. The molecule has 1 aromatic carbocycles. The minimum absolute atomic E-state index is 0.363. The molecule has 19 heavy (non-hydrogen) atoms. The highest BCUT2D eigenvalue weighted by Crippen LogP contribution is 2.47. The molecule has 0 amide bonds. The minimum Gasteiger partial charge on any atom is -0.309 e. The minimum atomic E-state index is 0.363. The zero-order valence-corrected chi connectivity index (χ0v) is 12.8. The molecule has 0 spiro atoms. The molecule has 1 aliphatic carbocycles. The van der Waals surface area contributed by atoms with Gasteiger partial charge in [-0.2, -0.15) is 0 Å². The summed E-state index contributed by atoms with van der Waals surface area (Å²) in [7, 11) is 0. The topological polar surface area (TPSA) is 12.0 Å². The standard InChI is InChI=1S/C18H27N/c1-12(2)10-16-14-6-5-7-15-17(14)13(11-19-16)8-9-18(15,3)4/h5-7,12-13,16,19H,8-11H2,1-4H3. The van der Waals surface area contributed by atoms with Gasteiger partial charge in [-0.1, -0.05) is 45.9 Å². The fourth-order valence-corrected chi connectivity index (χ4v) is 4.03. The summed E-state index contributed by atoms with van der Waals surface area (Å²) in [6.07, 6.45) is 3.92. The van der Waals surface area contributed by atoms with Gasteiger partial charge in [0, 0.05) is 12.6 Å². The van der Waals surface area contributed by atoms with Crippen molar-refractivity contribution in [1.82, 2.24) is 5.32 Å². The predicted molar refractivity (Wildman–Crippen MR) is 81.6 cm³/mol. The van der Waals surface area contributed by atoms with E-state index in [4.69, 9.17) is 0 Å². The van der Waals surface area contributed by atoms with Crippen molar-refractivity contribution in [3.8, 4) is 0 Å². The number of hydrogen-bond donors (Lipinski definition) is 1. The van der Waals surface area contributed by atoms with Gasteiger partial charge < -0.3 is 5.32 Å². The van der Waals surface area contributed by atoms with Crippen LogP contribution < -0.4 is 5.32 Å². The molecular formula is C18H27N. The van der Waals surface area contributed by atoms with Crippen molar-refractivity contribution in [2.45, 2.75) is 64.3 Å². The average molecular weight is 257 g/mol. The summed E-state index contributed by atoms with van der Waals surface area (Å²) in [4.78, 5) is 0. The molecule has 2 atom stereocenters. The molecule has 2 aliphatic rings. The Kier molecular flexibility index (Phi) is 3.21. The maximum atomic E-state index is 3.80. The van der Waals surface area contributed by atoms with Crippen molar-refractivity contribution in [1.29, 1.82) is 0 Å². The molecule has 2 unspecified atom stereocenters. The molecule has 0 fully saturated rings. The van der Waals surface area contributed by atoms with E-state index < -0.39 is 0 Å². The van der Waals surface area contributed by atoms with Crippen LogP contribution in [0.2, 0.25) is 0 Å². The van der Waals surface area contributed by atoms with Crippen molar-refractivity contribution in [2.24, 2.45) is 5.92 Å². The smallest absolute Gasteiger partial charge is 0.0325 e. The summed E-state index contributed by atoms with van der Waals surface area (Å²) in [5.74, 6) is 1.50. The van der Waals surface area contributed by atoms with Gasteiger partial charge in [-0.25, -0.2) is 0 Å². The number of nitrogens with one attached hydrogen (secondary N) is 1. The summed E-state index contributed by atoms with van der Waals surface area (Å²) in [6, 6.07) is 7.59. The van der Waals surface area contributed by atoms with E-state index in [2.05, 4.69) is 51.2 Å². The fraction of sp³-hybridized carbons (Fsp3) is 0.667. The highest BCUT2D eigenvalue weighted by atomic mass is 14.9. The maximum absolute atomic E-state index is 3.80. The van der Waals surface area contributed by atoms with Crippen molar-refractivity contribution in [3.05, 3.63) is 34.9 Å². The molecule has 0 saturated heterocycles. The summed E-state index contributed by atoms with van der Waals surface area (Å²) in [5.41, 5.74) is 5.27. The maximum Gasteiger partial charge on any atom is 0.0325 e. The Morgan fingerprint density at radius 3 is 2.84 bits per heavy atom. The second-order valence-corrected chi connectivity index (χ2v) is 7.52. The van der Waals surface area contributed by atoms with E-state index >= 15 is 0 Å². The van der Waals surface area contributed by atoms with E-state index in [1.807, 2.05) is 0 Å². The monoisotopic (exact) mass is 257 g/mol. The lowest BCUT2D eigenvalue weighted by Gasteiger charge is -2.43. The van der Waals surface area contributed by atoms with E-state index in [1.165, 1.54) is 25.8 Å². The first-order chi connectivity index (χ1) is 8.99. The SMILES string of the molecule is CC(C)CC1NCC2CCC(C)(C)c3cccc1c32. The first-order valence-corrected chi connectivity index (χ1v) is 7.85. The van der Waals surface area contributed by atoms with Crippen LogP contribution >= 0.6 is 0 Å². The molecule has 1 N–H and O–H groups in total. The fourth-order valence-electron chi connectivity index (χ4n) is 4.03. The van der Waals surface area contributed by atoms with E-state index in [-0.39, 0.29) is 0 Å². The summed E-state index contributed by atoms with van der Waals surface area (Å²) < 4.78 is 0. The Morgan fingerprint density at radius 1 is 1.32 bits per heavy atom. The molecule has 1 aromatic rings. The number of benzene rings is 1. The third-order valence-corrected chi connectivity index (χ3v) is 5.09. The van der Waals surface area contributed by atoms with Crippen LogP contribution in [-0.4, -0.2) is 6.54 Å². The molecule has 1 aliphatic heterocycles. The molecular weight excluding hydrogens is 230 g/mol. The summed E-state index contributed by atoms with van der Waals surface area (Å²) in [5, 5.41) is 3.80. The first kappa shape index (κ1) is 13.2. The lowest BCUT2D eigenvalue weighted by Crippen LogP contribution is -2.39. The normalized spacial score (nSPS) is 28.3. The van der Waals surface area contributed by atoms with Crippen LogP contribution in [0.5, 0.6) is 0 Å². The van der Waals surface area contributed by atoms with Gasteiger partial charge in [-0.3, -0.25) is 0 Å². The van der Waals surface area contributed by atoms with Crippen LogP contribution in [0.3, 0.4) is 0 Å². The zero-order valence-electron chi connectivity index (χ0n) is 12.8. The molecule has 1 heterocycles. The molecule has 3 rings (SSSR count). The lowest BCUT2D eigenvalue weighted by atomic mass is 9.65. The largest absolute Gasteiger partial charge is 0.309 e. The van der Waals surface area contributed by atoms with Gasteiger partial charge >= 0.3 is 0 Å². The summed E-state index contributed by atoms with van der Waals surface area (Å²) >= 11 is 0. The third-order valence-electron chi connectivity index (χ3n) is 5.09. The Labute approximate surface area is 117 Å². The Balaban J connectivity index is 2.07. The van der Waals surface area contributed by atoms with Crippen molar-refractivity contribution >= 4 is 0 Å². The predicted octanol–water partition coefficient (Wildman–Crippen LogP) is 4.53. The van der Waals surface area contributed by atoms with Gasteiger partial charge in [0.1, 0.15) is 0 Å². The van der Waals surface area contributed by atoms with Crippen LogP contribution in [0, 0.1) is 5.92 Å². The lowest BCUT2D eigenvalue weighted by molar-refractivity contribution is 0.329. The van der Waals surface area contributed by atoms with E-state index in [9.17, 15) is 0 Å². The molecule has 104 valence electrons. The Hall–Kier alpha value is -0.820. The average Bonchev–Trinajstić information content (AvgIpc) is 2.35. The second-order valence-electron chi connectivity index (χ2n) is 7.52. The highest BCUT2D eigenvalue weighted by molar-refractivity contribution is 5.47. The van der Waals surface area contributed by atoms with Crippen molar-refractivity contribution in [2.75, 3.05) is 6.54 Å². The number of hydrogen-bond acceptors (Lipinski definition) is 1. The molecule has 1 heteroatoms. The Morgan fingerprint density at radius 2 is 2.11 bits per heavy atom. The van der Waals surface area contributed by atoms with Crippen molar-refractivity contribution in [3.63, 3.8) is 0 Å². The highest BCUT2D eigenvalue weighted by Gasteiger charge is 2.37. The zero-order chi connectivity index (χ0) is 13.6. The summed E-state index contributed by atoms with van der Waals surface area (Å²) in [6.45, 7) is 10.7. The van der Waals surface area contributed by atoms with Gasteiger partial charge in [0.2, 0.25) is 0 Å². The van der Waals surface area contributed by atoms with Gasteiger partial charge in [0.25, 0.3) is 0 Å². The quantitative estimate of drug-likeness (QED) is 0.820. The van der Waals surface area contributed by atoms with E-state index in [1.54, 1.807) is 16.7 Å². The molecule has 0 bridgehead atoms. The molecule has 0 saturated carbocycles. The molecule has 0 aromatic heterocycles. The van der Waals surface area contributed by atoms with Gasteiger partial charge in [0.05, 0.1) is 0 Å². The van der Waals surface area contributed by atoms with Gasteiger partial charge in [0.15, 0.2) is 0 Å². The third kappa shape index (κ3) is 2.23. The van der Waals surface area contributed by atoms with Crippen LogP contribution in [0.15, 0.2) is 18.2 Å². The van der Waals surface area contributed by atoms with Gasteiger partial charge in [-0.05, 0) is 53.2 Å². The van der Waals surface area contributed by atoms with E-state index in [0.29, 0.717) is 11.5 Å². The molecule has 0 radical (unpaired) electrons. The van der Waals surface area contributed by atoms with Crippen molar-refractivity contribution < 1.29 is 0 Å². The van der Waals surface area contributed by atoms with Crippen LogP contribution in [0.4, 0.5) is 0 Å². The number of rotatable bonds is 2. The Bertz CT molecular complexity index is 473. The van der Waals surface area contributed by atoms with Crippen LogP contribution in [-0.2, 0) is 5.41 Å². The van der Waals surface area contributed by atoms with E-state index in [0.717, 1.165) is 11.8 Å². The first-order valence-electron chi connectivity index (χ1n) is 7.85. The van der Waals surface area contributed by atoms with Crippen LogP contribution in [0.25, 0.3) is 0 Å².